The average molecular weight is 1120 g/mol. The summed E-state index contributed by atoms with van der Waals surface area (Å²) in [6.07, 6.45) is 16.1. The van der Waals surface area contributed by atoms with Crippen LogP contribution in [0.5, 0.6) is 0 Å². The van der Waals surface area contributed by atoms with Crippen molar-refractivity contribution in [3.8, 4) is 0 Å². The molecule has 25 nitrogen and oxygen atoms in total. The van der Waals surface area contributed by atoms with Crippen molar-refractivity contribution in [3.05, 3.63) is 127 Å². The third kappa shape index (κ3) is 57.2. The number of rotatable bonds is 32. The maximum absolute atomic E-state index is 11.3. The van der Waals surface area contributed by atoms with E-state index in [4.69, 9.17) is 63.8 Å². The van der Waals surface area contributed by atoms with Crippen LogP contribution in [-0.2, 0) is 90.6 Å². The number of carboxylic acid groups (broad SMARTS) is 3. The lowest BCUT2D eigenvalue weighted by atomic mass is 9.88. The summed E-state index contributed by atoms with van der Waals surface area (Å²) < 4.78 is 44.5. The molecule has 440 valence electrons. The highest BCUT2D eigenvalue weighted by Crippen LogP contribution is 2.22. The number of hydrogen-bond acceptors (Lipinski definition) is 22. The molecule has 78 heavy (non-hydrogen) atoms. The smallest absolute Gasteiger partial charge is 0.330 e. The molecule has 0 amide bonds. The lowest BCUT2D eigenvalue weighted by Gasteiger charge is -2.31. The number of aliphatic carboxylic acids is 3. The summed E-state index contributed by atoms with van der Waals surface area (Å²) in [7, 11) is 0. The lowest BCUT2D eigenvalue weighted by molar-refractivity contribution is -0.164. The first-order valence-electron chi connectivity index (χ1n) is 23.0. The Labute approximate surface area is 454 Å². The Bertz CT molecular complexity index is 1680. The van der Waals surface area contributed by atoms with Gasteiger partial charge in [0.05, 0.1) is 46.2 Å². The number of aliphatic hydroxyl groups is 3. The van der Waals surface area contributed by atoms with Crippen LogP contribution in [0.3, 0.4) is 0 Å². The third-order valence-corrected chi connectivity index (χ3v) is 8.68. The van der Waals surface area contributed by atoms with Gasteiger partial charge < -0.3 is 73.3 Å². The number of carbonyl (C=O) groups excluding carboxylic acids is 7. The summed E-state index contributed by atoms with van der Waals surface area (Å²) in [6.45, 7) is 33.3. The third-order valence-electron chi connectivity index (χ3n) is 8.68. The second-order valence-electron chi connectivity index (χ2n) is 14.6. The van der Waals surface area contributed by atoms with Crippen molar-refractivity contribution in [2.45, 2.75) is 51.6 Å². The summed E-state index contributed by atoms with van der Waals surface area (Å²) in [5, 5.41) is 48.8. The number of hydrogen-bond donors (Lipinski definition) is 6. The zero-order valence-electron chi connectivity index (χ0n) is 44.3. The van der Waals surface area contributed by atoms with Crippen LogP contribution in [-0.4, -0.2) is 182 Å². The van der Waals surface area contributed by atoms with Crippen molar-refractivity contribution < 1.29 is 121 Å². The minimum atomic E-state index is -1.34. The van der Waals surface area contributed by atoms with Crippen molar-refractivity contribution in [1.82, 2.24) is 0 Å². The molecule has 0 spiro atoms. The molecule has 6 N–H and O–H groups in total. The lowest BCUT2D eigenvalue weighted by Crippen LogP contribution is -2.43. The molecule has 0 atom stereocenters. The first kappa shape index (κ1) is 81.3. The van der Waals surface area contributed by atoms with E-state index in [-0.39, 0.29) is 71.5 Å². The Balaban J connectivity index is -0.000000213. The molecule has 0 aromatic rings. The SMILES string of the molecule is C=CC(=O)O.C=CC(=O)O.C=CC(=O)O.C=CC(=O)OC1CCCCC1.C=CC(=O)OCC(COC(=O)C=C)(COC(=O)C=C)COC(=O)C=C.C=CC(=O)OCCOCCOCCOC(=O)C=C.CCC(CO)(CO)CO. The molecular formula is C53H78O25. The summed E-state index contributed by atoms with van der Waals surface area (Å²) in [4.78, 5) is 105. The fourth-order valence-corrected chi connectivity index (χ4v) is 4.11. The zero-order chi connectivity index (χ0) is 61.2. The van der Waals surface area contributed by atoms with Crippen LogP contribution in [0.15, 0.2) is 127 Å². The van der Waals surface area contributed by atoms with Crippen molar-refractivity contribution in [3.63, 3.8) is 0 Å². The van der Waals surface area contributed by atoms with Gasteiger partial charge >= 0.3 is 59.7 Å². The molecule has 1 aliphatic carbocycles. The highest BCUT2D eigenvalue weighted by molar-refractivity contribution is 5.84. The van der Waals surface area contributed by atoms with Crippen molar-refractivity contribution in [2.75, 3.05) is 85.9 Å². The molecule has 1 fully saturated rings. The van der Waals surface area contributed by atoms with Gasteiger partial charge in [0.1, 0.15) is 51.2 Å². The summed E-state index contributed by atoms with van der Waals surface area (Å²) >= 11 is 0. The van der Waals surface area contributed by atoms with E-state index in [1.807, 2.05) is 6.92 Å². The van der Waals surface area contributed by atoms with E-state index in [0.29, 0.717) is 32.8 Å². The second kappa shape index (κ2) is 56.6. The molecule has 0 saturated heterocycles. The number of carboxylic acids is 3. The van der Waals surface area contributed by atoms with E-state index in [1.165, 1.54) is 25.3 Å². The Hall–Kier alpha value is -8.10. The molecule has 0 unspecified atom stereocenters. The topological polar surface area (TPSA) is 375 Å². The van der Waals surface area contributed by atoms with E-state index in [0.717, 1.165) is 67.5 Å². The molecule has 1 rings (SSSR count). The van der Waals surface area contributed by atoms with E-state index in [9.17, 15) is 47.9 Å². The van der Waals surface area contributed by atoms with Crippen LogP contribution >= 0.6 is 0 Å². The minimum Gasteiger partial charge on any atom is -0.478 e. The molecule has 0 heterocycles. The van der Waals surface area contributed by atoms with Crippen molar-refractivity contribution in [2.24, 2.45) is 10.8 Å². The van der Waals surface area contributed by atoms with Gasteiger partial charge in [0.15, 0.2) is 0 Å². The van der Waals surface area contributed by atoms with Gasteiger partial charge in [-0.1, -0.05) is 79.1 Å². The molecule has 0 aromatic carbocycles. The van der Waals surface area contributed by atoms with Crippen LogP contribution < -0.4 is 0 Å². The maximum Gasteiger partial charge on any atom is 0.330 e. The van der Waals surface area contributed by atoms with Crippen molar-refractivity contribution >= 4 is 59.7 Å². The Kier molecular flexibility index (Phi) is 59.0. The number of aliphatic hydroxyl groups excluding tert-OH is 3. The predicted molar refractivity (Wildman–Crippen MR) is 282 cm³/mol. The Morgan fingerprint density at radius 1 is 0.385 bits per heavy atom. The zero-order valence-corrected chi connectivity index (χ0v) is 44.3. The maximum atomic E-state index is 11.3. The van der Waals surface area contributed by atoms with E-state index >= 15 is 0 Å². The van der Waals surface area contributed by atoms with Gasteiger partial charge in [-0.05, 0) is 32.1 Å². The van der Waals surface area contributed by atoms with Crippen LogP contribution in [0.2, 0.25) is 0 Å². The fraction of sp³-hybridized carbons (Fsp3) is 0.434. The van der Waals surface area contributed by atoms with Gasteiger partial charge in [0.25, 0.3) is 0 Å². The normalized spacial score (nSPS) is 10.7. The monoisotopic (exact) mass is 1110 g/mol. The molecule has 0 aromatic heterocycles. The van der Waals surface area contributed by atoms with Crippen molar-refractivity contribution in [1.29, 1.82) is 0 Å². The molecule has 1 saturated carbocycles. The first-order valence-corrected chi connectivity index (χ1v) is 23.0. The van der Waals surface area contributed by atoms with Gasteiger partial charge in [0, 0.05) is 66.2 Å². The molecular weight excluding hydrogens is 1040 g/mol. The number of esters is 7. The molecule has 0 bridgehead atoms. The highest BCUT2D eigenvalue weighted by Gasteiger charge is 2.37. The second-order valence-corrected chi connectivity index (χ2v) is 14.6. The van der Waals surface area contributed by atoms with E-state index < -0.39 is 64.6 Å². The first-order chi connectivity index (χ1) is 36.9. The summed E-state index contributed by atoms with van der Waals surface area (Å²) in [5.41, 5.74) is -2.01. The molecule has 1 aliphatic rings. The molecule has 0 aliphatic heterocycles. The molecule has 25 heteroatoms. The fourth-order valence-electron chi connectivity index (χ4n) is 4.11. The Morgan fingerprint density at radius 2 is 0.628 bits per heavy atom. The summed E-state index contributed by atoms with van der Waals surface area (Å²) in [5.74, 6) is -7.21. The van der Waals surface area contributed by atoms with Crippen LogP contribution in [0.25, 0.3) is 0 Å². The van der Waals surface area contributed by atoms with Gasteiger partial charge in [0.2, 0.25) is 0 Å². The minimum absolute atomic E-state index is 0.156. The van der Waals surface area contributed by atoms with Gasteiger partial charge in [-0.3, -0.25) is 0 Å². The number of carbonyl (C=O) groups is 10. The number of ether oxygens (including phenoxy) is 9. The predicted octanol–water partition coefficient (Wildman–Crippen LogP) is 3.55. The summed E-state index contributed by atoms with van der Waals surface area (Å²) in [6, 6.07) is 0. The highest BCUT2D eigenvalue weighted by atomic mass is 16.6. The van der Waals surface area contributed by atoms with E-state index in [1.54, 1.807) is 0 Å². The van der Waals surface area contributed by atoms with Gasteiger partial charge in [-0.25, -0.2) is 47.9 Å². The van der Waals surface area contributed by atoms with Gasteiger partial charge in [-0.15, -0.1) is 0 Å². The average Bonchev–Trinajstić information content (AvgIpc) is 3.46. The standard InChI is InChI=1S/C17H20O8.C12H18O6.C9H14O2.C6H14O3.3C3H4O2/c1-5-13(18)22-9-17(10-23-14(19)6-2,11-24-15(20)7-3)12-25-16(21)8-4;1-3-11(13)17-9-7-15-5-6-16-8-10-18-12(14)4-2;1-2-9(10)11-8-6-4-3-5-7-8;1-2-6(3-7,4-8)5-9;3*1-2-3(4)5/h5-8H,1-4,9-12H2;3-4H,1-2,5-10H2;2,8H,1,3-7H2;7-9H,2-5H2,1H3;3*2H,1H2,(H,4,5). The Morgan fingerprint density at radius 3 is 0.833 bits per heavy atom. The largest absolute Gasteiger partial charge is 0.478 e. The van der Waals surface area contributed by atoms with Crippen LogP contribution in [0.4, 0.5) is 0 Å². The van der Waals surface area contributed by atoms with Gasteiger partial charge in [-0.2, -0.15) is 0 Å². The van der Waals surface area contributed by atoms with Crippen LogP contribution in [0.1, 0.15) is 45.4 Å². The molecule has 0 radical (unpaired) electrons. The van der Waals surface area contributed by atoms with E-state index in [2.05, 4.69) is 75.3 Å². The quantitative estimate of drug-likeness (QED) is 0.0243. The van der Waals surface area contributed by atoms with Crippen LogP contribution in [0, 0.1) is 10.8 Å².